The molecule has 1 aliphatic rings. The zero-order valence-electron chi connectivity index (χ0n) is 12.2. The second-order valence-electron chi connectivity index (χ2n) is 6.24. The van der Waals surface area contributed by atoms with Gasteiger partial charge < -0.3 is 9.73 Å². The minimum absolute atomic E-state index is 0.256. The van der Waals surface area contributed by atoms with Gasteiger partial charge in [-0.3, -0.25) is 0 Å². The molecule has 1 aromatic heterocycles. The van der Waals surface area contributed by atoms with E-state index in [9.17, 15) is 0 Å². The highest BCUT2D eigenvalue weighted by Crippen LogP contribution is 2.46. The van der Waals surface area contributed by atoms with Gasteiger partial charge in [0.1, 0.15) is 5.76 Å². The third-order valence-electron chi connectivity index (χ3n) is 4.78. The van der Waals surface area contributed by atoms with E-state index in [1.165, 1.54) is 32.1 Å². The lowest BCUT2D eigenvalue weighted by molar-refractivity contribution is 0.136. The minimum Gasteiger partial charge on any atom is -0.458 e. The molecule has 20 heavy (non-hydrogen) atoms. The van der Waals surface area contributed by atoms with Gasteiger partial charge in [-0.05, 0) is 37.4 Å². The van der Waals surface area contributed by atoms with E-state index < -0.39 is 0 Å². The Hall–Kier alpha value is -0.990. The SMILES string of the molecule is CNC(c1cc2cccc(Cl)c2o1)C1(C)CCCCC1. The first-order valence-electron chi connectivity index (χ1n) is 7.49. The number of nitrogens with one attached hydrogen (secondary N) is 1. The topological polar surface area (TPSA) is 25.2 Å². The lowest BCUT2D eigenvalue weighted by Gasteiger charge is -2.39. The van der Waals surface area contributed by atoms with Crippen LogP contribution in [0.1, 0.15) is 50.8 Å². The maximum Gasteiger partial charge on any atom is 0.152 e. The van der Waals surface area contributed by atoms with Crippen LogP contribution < -0.4 is 5.32 Å². The highest BCUT2D eigenvalue weighted by molar-refractivity contribution is 6.34. The predicted octanol–water partition coefficient (Wildman–Crippen LogP) is 5.32. The number of hydrogen-bond donors (Lipinski definition) is 1. The fraction of sp³-hybridized carbons (Fsp3) is 0.529. The molecule has 0 amide bonds. The van der Waals surface area contributed by atoms with E-state index in [1.54, 1.807) is 0 Å². The fourth-order valence-electron chi connectivity index (χ4n) is 3.67. The van der Waals surface area contributed by atoms with Crippen molar-refractivity contribution in [2.75, 3.05) is 7.05 Å². The molecule has 0 radical (unpaired) electrons. The number of fused-ring (bicyclic) bond motifs is 1. The summed E-state index contributed by atoms with van der Waals surface area (Å²) in [7, 11) is 2.03. The molecule has 1 N–H and O–H groups in total. The number of rotatable bonds is 3. The van der Waals surface area contributed by atoms with Crippen LogP contribution in [-0.4, -0.2) is 7.05 Å². The predicted molar refractivity (Wildman–Crippen MR) is 84.2 cm³/mol. The summed E-state index contributed by atoms with van der Waals surface area (Å²) in [5.74, 6) is 1.01. The molecule has 1 unspecified atom stereocenters. The van der Waals surface area contributed by atoms with Gasteiger partial charge in [0.2, 0.25) is 0 Å². The maximum absolute atomic E-state index is 6.22. The van der Waals surface area contributed by atoms with Gasteiger partial charge in [0, 0.05) is 5.39 Å². The van der Waals surface area contributed by atoms with Crippen molar-refractivity contribution in [1.82, 2.24) is 5.32 Å². The van der Waals surface area contributed by atoms with Crippen LogP contribution in [0.4, 0.5) is 0 Å². The van der Waals surface area contributed by atoms with Crippen LogP contribution in [0.25, 0.3) is 11.0 Å². The molecule has 1 fully saturated rings. The van der Waals surface area contributed by atoms with Crippen LogP contribution in [-0.2, 0) is 0 Å². The normalized spacial score (nSPS) is 20.1. The number of para-hydroxylation sites is 1. The van der Waals surface area contributed by atoms with Gasteiger partial charge in [-0.2, -0.15) is 0 Å². The van der Waals surface area contributed by atoms with E-state index >= 15 is 0 Å². The molecule has 1 aromatic carbocycles. The molecule has 3 rings (SSSR count). The molecule has 1 heterocycles. The molecular formula is C17H22ClNO. The first-order valence-corrected chi connectivity index (χ1v) is 7.87. The van der Waals surface area contributed by atoms with Crippen molar-refractivity contribution in [1.29, 1.82) is 0 Å². The van der Waals surface area contributed by atoms with E-state index in [1.807, 2.05) is 19.2 Å². The molecule has 0 bridgehead atoms. The Morgan fingerprint density at radius 3 is 2.65 bits per heavy atom. The summed E-state index contributed by atoms with van der Waals surface area (Å²) in [5, 5.41) is 5.25. The van der Waals surface area contributed by atoms with Gasteiger partial charge in [-0.25, -0.2) is 0 Å². The summed E-state index contributed by atoms with van der Waals surface area (Å²) in [6.07, 6.45) is 6.50. The van der Waals surface area contributed by atoms with Crippen molar-refractivity contribution in [2.45, 2.75) is 45.1 Å². The van der Waals surface area contributed by atoms with Crippen molar-refractivity contribution in [2.24, 2.45) is 5.41 Å². The maximum atomic E-state index is 6.22. The van der Waals surface area contributed by atoms with Gasteiger partial charge in [0.15, 0.2) is 5.58 Å². The first-order chi connectivity index (χ1) is 9.64. The Morgan fingerprint density at radius 2 is 2.00 bits per heavy atom. The summed E-state index contributed by atoms with van der Waals surface area (Å²) in [4.78, 5) is 0. The third kappa shape index (κ3) is 2.36. The van der Waals surface area contributed by atoms with Crippen molar-refractivity contribution >= 4 is 22.6 Å². The fourth-order valence-corrected chi connectivity index (χ4v) is 3.89. The summed E-state index contributed by atoms with van der Waals surface area (Å²) in [6.45, 7) is 2.38. The van der Waals surface area contributed by atoms with Crippen molar-refractivity contribution in [3.8, 4) is 0 Å². The average molecular weight is 292 g/mol. The Bertz CT molecular complexity index is 598. The van der Waals surface area contributed by atoms with E-state index in [2.05, 4.69) is 24.4 Å². The zero-order chi connectivity index (χ0) is 14.2. The molecule has 0 saturated heterocycles. The molecule has 1 aliphatic carbocycles. The van der Waals surface area contributed by atoms with Crippen molar-refractivity contribution < 1.29 is 4.42 Å². The van der Waals surface area contributed by atoms with Crippen LogP contribution in [0.3, 0.4) is 0 Å². The zero-order valence-corrected chi connectivity index (χ0v) is 13.0. The Kier molecular flexibility index (Phi) is 3.78. The summed E-state index contributed by atoms with van der Waals surface area (Å²) >= 11 is 6.22. The van der Waals surface area contributed by atoms with Crippen LogP contribution >= 0.6 is 11.6 Å². The van der Waals surface area contributed by atoms with Gasteiger partial charge in [0.25, 0.3) is 0 Å². The average Bonchev–Trinajstić information content (AvgIpc) is 2.85. The largest absolute Gasteiger partial charge is 0.458 e. The number of furan rings is 1. The summed E-state index contributed by atoms with van der Waals surface area (Å²) in [5.41, 5.74) is 1.08. The van der Waals surface area contributed by atoms with Crippen molar-refractivity contribution in [3.63, 3.8) is 0 Å². The first kappa shape index (κ1) is 14.0. The summed E-state index contributed by atoms with van der Waals surface area (Å²) < 4.78 is 6.08. The van der Waals surface area contributed by atoms with E-state index in [0.29, 0.717) is 5.02 Å². The quantitative estimate of drug-likeness (QED) is 0.828. The molecule has 1 saturated carbocycles. The Morgan fingerprint density at radius 1 is 1.25 bits per heavy atom. The number of benzene rings is 1. The molecule has 2 aromatic rings. The molecule has 0 spiro atoms. The molecule has 1 atom stereocenters. The second kappa shape index (κ2) is 5.42. The van der Waals surface area contributed by atoms with Gasteiger partial charge in [0.05, 0.1) is 11.1 Å². The second-order valence-corrected chi connectivity index (χ2v) is 6.65. The lowest BCUT2D eigenvalue weighted by Crippen LogP contribution is -2.35. The molecule has 2 nitrogen and oxygen atoms in total. The van der Waals surface area contributed by atoms with E-state index in [4.69, 9.17) is 16.0 Å². The lowest BCUT2D eigenvalue weighted by atomic mass is 9.70. The van der Waals surface area contributed by atoms with Gasteiger partial charge >= 0.3 is 0 Å². The summed E-state index contributed by atoms with van der Waals surface area (Å²) in [6, 6.07) is 8.31. The molecule has 0 aliphatic heterocycles. The molecular weight excluding hydrogens is 270 g/mol. The highest BCUT2D eigenvalue weighted by Gasteiger charge is 2.37. The van der Waals surface area contributed by atoms with E-state index in [-0.39, 0.29) is 11.5 Å². The number of halogens is 1. The van der Waals surface area contributed by atoms with Crippen LogP contribution in [0.5, 0.6) is 0 Å². The molecule has 108 valence electrons. The highest BCUT2D eigenvalue weighted by atomic mass is 35.5. The minimum atomic E-state index is 0.256. The van der Waals surface area contributed by atoms with Gasteiger partial charge in [-0.1, -0.05) is 49.9 Å². The third-order valence-corrected chi connectivity index (χ3v) is 5.08. The van der Waals surface area contributed by atoms with Crippen LogP contribution in [0, 0.1) is 5.41 Å². The number of hydrogen-bond acceptors (Lipinski definition) is 2. The smallest absolute Gasteiger partial charge is 0.152 e. The van der Waals surface area contributed by atoms with Crippen LogP contribution in [0.2, 0.25) is 5.02 Å². The van der Waals surface area contributed by atoms with E-state index in [0.717, 1.165) is 16.7 Å². The van der Waals surface area contributed by atoms with Gasteiger partial charge in [-0.15, -0.1) is 0 Å². The Balaban J connectivity index is 2.00. The van der Waals surface area contributed by atoms with Crippen LogP contribution in [0.15, 0.2) is 28.7 Å². The standard InChI is InChI=1S/C17H22ClNO/c1-17(9-4-3-5-10-17)16(19-2)14-11-12-7-6-8-13(18)15(12)20-14/h6-8,11,16,19H,3-5,9-10H2,1-2H3. The molecule has 3 heteroatoms. The monoisotopic (exact) mass is 291 g/mol. The Labute approximate surface area is 125 Å². The van der Waals surface area contributed by atoms with Crippen molar-refractivity contribution in [3.05, 3.63) is 35.0 Å².